The van der Waals surface area contributed by atoms with Crippen LogP contribution in [0.4, 0.5) is 149 Å². The van der Waals surface area contributed by atoms with Crippen LogP contribution in [0.15, 0.2) is 0 Å². The van der Waals surface area contributed by atoms with Gasteiger partial charge >= 0.3 is 91.2 Å². The Morgan fingerprint density at radius 1 is 0.240 bits per heavy atom. The molecule has 0 rings (SSSR count). The lowest BCUT2D eigenvalue weighted by molar-refractivity contribution is -1.17. The smallest absolute Gasteiger partial charge is 0.196 e. The molecule has 0 radical (unpaired) electrons. The van der Waals surface area contributed by atoms with Crippen LogP contribution in [-0.2, 0) is 0 Å². The Labute approximate surface area is 246 Å². The Hall–Kier alpha value is -2.20. The lowest BCUT2D eigenvalue weighted by Crippen LogP contribution is -2.97. The first-order chi connectivity index (χ1) is 20.8. The molecule has 36 heteroatoms. The van der Waals surface area contributed by atoms with E-state index in [1.165, 1.54) is 0 Å². The van der Waals surface area contributed by atoms with Gasteiger partial charge in [-0.05, 0) is 0 Å². The maximum Gasteiger partial charge on any atom is 0.612 e. The second-order valence-electron chi connectivity index (χ2n) is 8.93. The summed E-state index contributed by atoms with van der Waals surface area (Å²) in [6.45, 7) is 0. The zero-order chi connectivity index (χ0) is 42.0. The van der Waals surface area contributed by atoms with Crippen LogP contribution in [0.25, 0.3) is 0 Å². The minimum atomic E-state index is -14.2. The summed E-state index contributed by atoms with van der Waals surface area (Å²) in [5, 5.41) is 0. The van der Waals surface area contributed by atoms with E-state index in [1.807, 2.05) is 0 Å². The molecule has 0 aliphatic carbocycles. The second kappa shape index (κ2) is 11.2. The summed E-state index contributed by atoms with van der Waals surface area (Å²) in [7, 11) is -14.2. The number of halogens is 34. The van der Waals surface area contributed by atoms with Gasteiger partial charge in [0.25, 0.3) is 0 Å². The number of quaternary nitrogens is 1. The van der Waals surface area contributed by atoms with Crippen molar-refractivity contribution >= 4 is 8.24 Å². The van der Waals surface area contributed by atoms with E-state index in [2.05, 4.69) is 0 Å². The maximum absolute atomic E-state index is 14.7. The van der Waals surface area contributed by atoms with Gasteiger partial charge in [0.2, 0.25) is 0 Å². The lowest BCUT2D eigenvalue weighted by Gasteiger charge is -2.49. The molecule has 0 spiro atoms. The van der Waals surface area contributed by atoms with E-state index in [0.29, 0.717) is 0 Å². The highest BCUT2D eigenvalue weighted by molar-refractivity contribution is 6.80. The van der Waals surface area contributed by atoms with Crippen LogP contribution >= 0.6 is 0 Å². The summed E-state index contributed by atoms with van der Waals surface area (Å²) in [5.74, 6) is -59.8. The largest absolute Gasteiger partial charge is 0.612 e. The topological polar surface area (TPSA) is 0 Å². The predicted molar refractivity (Wildman–Crippen MR) is 81.9 cm³/mol. The third-order valence-electron chi connectivity index (χ3n) is 5.91. The quantitative estimate of drug-likeness (QED) is 0.0841. The molecule has 1 nitrogen and oxygen atoms in total. The van der Waals surface area contributed by atoms with Crippen LogP contribution in [0.3, 0.4) is 0 Å². The van der Waals surface area contributed by atoms with Crippen molar-refractivity contribution in [1.29, 1.82) is 0 Å². The molecule has 0 saturated heterocycles. The van der Waals surface area contributed by atoms with Gasteiger partial charge in [-0.15, -0.1) is 8.78 Å². The van der Waals surface area contributed by atoms with Crippen molar-refractivity contribution in [3.8, 4) is 0 Å². The molecule has 0 heterocycles. The Kier molecular flexibility index (Phi) is 10.7. The molecule has 0 aromatic heterocycles. The maximum atomic E-state index is 14.7. The van der Waals surface area contributed by atoms with Gasteiger partial charge in [-0.25, -0.2) is 0 Å². The Bertz CT molecular complexity index is 1210. The molecular formula is C14F34NSi+. The molecule has 0 aromatic carbocycles. The molecule has 0 N–H and O–H groups in total. The van der Waals surface area contributed by atoms with E-state index in [1.54, 1.807) is 0 Å². The first-order valence-corrected chi connectivity index (χ1v) is 12.0. The third kappa shape index (κ3) is 5.21. The monoisotopic (exact) mass is 856 g/mol. The van der Waals surface area contributed by atoms with Crippen molar-refractivity contribution in [2.75, 3.05) is 0 Å². The van der Waals surface area contributed by atoms with E-state index >= 15 is 0 Å². The van der Waals surface area contributed by atoms with Gasteiger partial charge in [-0.2, -0.15) is 132 Å². The molecule has 0 fully saturated rings. The van der Waals surface area contributed by atoms with Crippen molar-refractivity contribution in [2.45, 2.75) is 82.9 Å². The Morgan fingerprint density at radius 3 is 0.680 bits per heavy atom. The summed E-state index contributed by atoms with van der Waals surface area (Å²) in [5.41, 5.74) is -32.0. The first-order valence-electron chi connectivity index (χ1n) is 10.1. The first kappa shape index (κ1) is 47.8. The van der Waals surface area contributed by atoms with Crippen molar-refractivity contribution in [1.82, 2.24) is 0 Å². The highest BCUT2D eigenvalue weighted by Gasteiger charge is 3.16. The van der Waals surface area contributed by atoms with Crippen LogP contribution in [0.1, 0.15) is 0 Å². The summed E-state index contributed by atoms with van der Waals surface area (Å²) < 4.78 is 446. The number of rotatable bonds is 11. The molecule has 0 unspecified atom stereocenters. The van der Waals surface area contributed by atoms with Gasteiger partial charge < -0.3 is 0 Å². The standard InChI is InChI=1S/C14F34NSi/c15-1(16,2(17,18)4(21,22)7(27,28)29)3(19,20)5(23,24)11(39,40)49(47,48)50(13(43,44)9(33,34)35,14(45,46)10(36,37)38)12(41,42)6(25,26)8(30,31)32/q+1. The summed E-state index contributed by atoms with van der Waals surface area (Å²) >= 11 is 0. The van der Waals surface area contributed by atoms with E-state index in [0.717, 1.165) is 0 Å². The van der Waals surface area contributed by atoms with Gasteiger partial charge in [-0.1, -0.05) is 0 Å². The third-order valence-corrected chi connectivity index (χ3v) is 10.6. The predicted octanol–water partition coefficient (Wildman–Crippen LogP) is 10.7. The second-order valence-corrected chi connectivity index (χ2v) is 12.8. The number of hydrogen-bond acceptors (Lipinski definition) is 0. The van der Waals surface area contributed by atoms with Crippen molar-refractivity contribution in [2.24, 2.45) is 0 Å². The van der Waals surface area contributed by atoms with Crippen LogP contribution in [0.2, 0.25) is 0 Å². The van der Waals surface area contributed by atoms with Crippen LogP contribution in [0, 0.1) is 0 Å². The number of nitrogens with zero attached hydrogens (tertiary/aromatic N) is 1. The molecule has 0 amide bonds. The summed E-state index contributed by atoms with van der Waals surface area (Å²) in [6, 6.07) is -11.0. The fourth-order valence-electron chi connectivity index (χ4n) is 3.28. The fraction of sp³-hybridized carbons (Fsp3) is 1.00. The van der Waals surface area contributed by atoms with Gasteiger partial charge in [0, 0.05) is 8.96 Å². The van der Waals surface area contributed by atoms with E-state index in [4.69, 9.17) is 0 Å². The molecule has 302 valence electrons. The number of alkyl halides is 32. The average Bonchev–Trinajstić information content (AvgIpc) is 2.79. The van der Waals surface area contributed by atoms with Gasteiger partial charge in [0.05, 0.1) is 4.59 Å². The fourth-order valence-corrected chi connectivity index (χ4v) is 7.50. The minimum Gasteiger partial charge on any atom is -0.196 e. The molecule has 0 aliphatic heterocycles. The Morgan fingerprint density at radius 2 is 0.460 bits per heavy atom. The molecule has 0 bridgehead atoms. The van der Waals surface area contributed by atoms with Crippen LogP contribution < -0.4 is 0 Å². The molecule has 0 saturated carbocycles. The van der Waals surface area contributed by atoms with Crippen molar-refractivity contribution in [3.63, 3.8) is 0 Å². The average molecular weight is 856 g/mol. The Balaban J connectivity index is 9.16. The number of hydrogen-bond donors (Lipinski definition) is 0. The summed E-state index contributed by atoms with van der Waals surface area (Å²) in [6.07, 6.45) is -37.1. The van der Waals surface area contributed by atoms with Crippen LogP contribution in [0.5, 0.6) is 0 Å². The zero-order valence-corrected chi connectivity index (χ0v) is 21.8. The SMILES string of the molecule is FC(F)(F)C(F)(F)C(F)(F)C(F)(F)C(F)(F)C(F)(F)C(F)(F)[N+](F)(F)[Si](C(F)(F)C(F)(F)F)(C(F)(F)C(F)(F)F)C(F)(F)C(F)(F)C(F)(F)F. The van der Waals surface area contributed by atoms with Crippen molar-refractivity contribution < 1.29 is 154 Å². The zero-order valence-electron chi connectivity index (χ0n) is 20.8. The van der Waals surface area contributed by atoms with Gasteiger partial charge in [-0.3, -0.25) is 0 Å². The summed E-state index contributed by atoms with van der Waals surface area (Å²) in [4.78, 5) is 0. The molecule has 0 atom stereocenters. The normalized spacial score (nSPS) is 17.4. The van der Waals surface area contributed by atoms with E-state index < -0.39 is 95.8 Å². The molecule has 50 heavy (non-hydrogen) atoms. The minimum absolute atomic E-state index is 8.55. The van der Waals surface area contributed by atoms with Crippen molar-refractivity contribution in [3.05, 3.63) is 0 Å². The molecular weight excluding hydrogens is 856 g/mol. The lowest BCUT2D eigenvalue weighted by atomic mass is 9.93. The van der Waals surface area contributed by atoms with E-state index in [9.17, 15) is 149 Å². The van der Waals surface area contributed by atoms with E-state index in [-0.39, 0.29) is 0 Å². The molecule has 0 aromatic rings. The highest BCUT2D eigenvalue weighted by Crippen LogP contribution is 2.71. The van der Waals surface area contributed by atoms with Gasteiger partial charge in [0.1, 0.15) is 0 Å². The van der Waals surface area contributed by atoms with Gasteiger partial charge in [0.15, 0.2) is 0 Å². The highest BCUT2D eigenvalue weighted by atomic mass is 28.3. The molecule has 0 aliphatic rings. The van der Waals surface area contributed by atoms with Crippen LogP contribution in [-0.4, -0.2) is 95.8 Å².